The Hall–Kier alpha value is -6.77. The summed E-state index contributed by atoms with van der Waals surface area (Å²) in [5, 5.41) is 0. The number of aliphatic imine (C=N–C) groups is 1. The second kappa shape index (κ2) is 12.5. The molecule has 0 atom stereocenters. The average molecular weight is 677 g/mol. The number of nitrogens with zero attached hydrogens (tertiary/aromatic N) is 2. The lowest BCUT2D eigenvalue weighted by atomic mass is 9.64. The molecular weight excluding hydrogens is 641 g/mol. The van der Waals surface area contributed by atoms with E-state index in [1.165, 1.54) is 83.7 Å². The SMILES string of the molecule is C=NCc1cccc2c1-c1cc(-c3cc(-c4ccccc4)cc(-c4ccccc4)c3)ccc1C21c2ccccc2N(c2ccccc2)c2ccccc21. The van der Waals surface area contributed by atoms with Gasteiger partial charge in [-0.05, 0) is 128 Å². The second-order valence-electron chi connectivity index (χ2n) is 14.0. The van der Waals surface area contributed by atoms with Gasteiger partial charge in [-0.2, -0.15) is 0 Å². The van der Waals surface area contributed by atoms with Gasteiger partial charge in [0.2, 0.25) is 0 Å². The Bertz CT molecular complexity index is 2550. The van der Waals surface area contributed by atoms with Gasteiger partial charge >= 0.3 is 0 Å². The first-order chi connectivity index (χ1) is 26.3. The van der Waals surface area contributed by atoms with Crippen molar-refractivity contribution in [2.24, 2.45) is 4.99 Å². The normalized spacial score (nSPS) is 13.2. The fraction of sp³-hybridized carbons (Fsp3) is 0.0392. The molecule has 0 fully saturated rings. The van der Waals surface area contributed by atoms with E-state index < -0.39 is 5.41 Å². The van der Waals surface area contributed by atoms with Crippen LogP contribution in [0.15, 0.2) is 199 Å². The molecule has 0 N–H and O–H groups in total. The topological polar surface area (TPSA) is 15.6 Å². The van der Waals surface area contributed by atoms with Crippen LogP contribution >= 0.6 is 0 Å². The van der Waals surface area contributed by atoms with E-state index in [1.807, 2.05) is 0 Å². The minimum Gasteiger partial charge on any atom is -0.310 e. The summed E-state index contributed by atoms with van der Waals surface area (Å²) < 4.78 is 0. The third-order valence-corrected chi connectivity index (χ3v) is 11.1. The van der Waals surface area contributed by atoms with Gasteiger partial charge in [0.15, 0.2) is 0 Å². The minimum atomic E-state index is -0.528. The highest BCUT2D eigenvalue weighted by molar-refractivity contribution is 5.98. The van der Waals surface area contributed by atoms with Crippen molar-refractivity contribution in [3.05, 3.63) is 222 Å². The van der Waals surface area contributed by atoms with Crippen molar-refractivity contribution in [3.63, 3.8) is 0 Å². The van der Waals surface area contributed by atoms with Crippen molar-refractivity contribution in [1.29, 1.82) is 0 Å². The lowest BCUT2D eigenvalue weighted by Gasteiger charge is -2.45. The number of para-hydroxylation sites is 3. The molecule has 2 nitrogen and oxygen atoms in total. The lowest BCUT2D eigenvalue weighted by molar-refractivity contribution is 0.752. The molecule has 1 heterocycles. The molecule has 250 valence electrons. The number of hydrogen-bond donors (Lipinski definition) is 0. The minimum absolute atomic E-state index is 0.528. The van der Waals surface area contributed by atoms with Crippen LogP contribution in [0.3, 0.4) is 0 Å². The first-order valence-electron chi connectivity index (χ1n) is 18.3. The van der Waals surface area contributed by atoms with E-state index in [0.717, 1.165) is 5.69 Å². The van der Waals surface area contributed by atoms with Crippen LogP contribution in [0.2, 0.25) is 0 Å². The Labute approximate surface area is 311 Å². The summed E-state index contributed by atoms with van der Waals surface area (Å²) in [7, 11) is 0. The van der Waals surface area contributed by atoms with Crippen molar-refractivity contribution in [1.82, 2.24) is 0 Å². The molecule has 8 aromatic carbocycles. The number of hydrogen-bond acceptors (Lipinski definition) is 2. The van der Waals surface area contributed by atoms with Crippen LogP contribution in [0.5, 0.6) is 0 Å². The van der Waals surface area contributed by atoms with E-state index in [2.05, 4.69) is 211 Å². The quantitative estimate of drug-likeness (QED) is 0.160. The zero-order valence-corrected chi connectivity index (χ0v) is 29.3. The van der Waals surface area contributed by atoms with Crippen LogP contribution in [-0.4, -0.2) is 6.72 Å². The Morgan fingerprint density at radius 2 is 0.925 bits per heavy atom. The van der Waals surface area contributed by atoms with Gasteiger partial charge in [-0.3, -0.25) is 4.99 Å². The summed E-state index contributed by atoms with van der Waals surface area (Å²) >= 11 is 0. The molecule has 2 aliphatic rings. The van der Waals surface area contributed by atoms with Crippen molar-refractivity contribution >= 4 is 23.8 Å². The van der Waals surface area contributed by atoms with Gasteiger partial charge < -0.3 is 4.90 Å². The molecule has 8 aromatic rings. The van der Waals surface area contributed by atoms with Gasteiger partial charge in [0.25, 0.3) is 0 Å². The largest absolute Gasteiger partial charge is 0.310 e. The third kappa shape index (κ3) is 4.76. The maximum absolute atomic E-state index is 4.44. The fourth-order valence-electron chi connectivity index (χ4n) is 8.96. The van der Waals surface area contributed by atoms with Gasteiger partial charge in [-0.15, -0.1) is 0 Å². The van der Waals surface area contributed by atoms with E-state index in [4.69, 9.17) is 0 Å². The first-order valence-corrected chi connectivity index (χ1v) is 18.3. The van der Waals surface area contributed by atoms with Gasteiger partial charge in [-0.25, -0.2) is 0 Å². The summed E-state index contributed by atoms with van der Waals surface area (Å²) in [4.78, 5) is 6.87. The summed E-state index contributed by atoms with van der Waals surface area (Å²) in [5.74, 6) is 0. The van der Waals surface area contributed by atoms with Crippen molar-refractivity contribution in [2.45, 2.75) is 12.0 Å². The zero-order valence-electron chi connectivity index (χ0n) is 29.3. The molecule has 53 heavy (non-hydrogen) atoms. The Balaban J connectivity index is 1.26. The molecular formula is C51H36N2. The first kappa shape index (κ1) is 31.0. The van der Waals surface area contributed by atoms with Crippen LogP contribution in [-0.2, 0) is 12.0 Å². The van der Waals surface area contributed by atoms with Crippen LogP contribution in [0.1, 0.15) is 27.8 Å². The number of rotatable bonds is 6. The van der Waals surface area contributed by atoms with Gasteiger partial charge in [-0.1, -0.05) is 146 Å². The molecule has 1 aliphatic carbocycles. The van der Waals surface area contributed by atoms with Crippen LogP contribution in [0, 0.1) is 0 Å². The van der Waals surface area contributed by atoms with Crippen molar-refractivity contribution < 1.29 is 0 Å². The molecule has 0 aromatic heterocycles. The van der Waals surface area contributed by atoms with Crippen molar-refractivity contribution in [2.75, 3.05) is 4.90 Å². The molecule has 0 saturated heterocycles. The Morgan fingerprint density at radius 3 is 1.51 bits per heavy atom. The number of anilines is 3. The number of benzene rings is 8. The smallest absolute Gasteiger partial charge is 0.0754 e. The molecule has 0 bridgehead atoms. The van der Waals surface area contributed by atoms with E-state index in [-0.39, 0.29) is 0 Å². The summed E-state index contributed by atoms with van der Waals surface area (Å²) in [6.07, 6.45) is 0. The summed E-state index contributed by atoms with van der Waals surface area (Å²) in [6, 6.07) is 71.0. The predicted octanol–water partition coefficient (Wildman–Crippen LogP) is 13.0. The maximum Gasteiger partial charge on any atom is 0.0754 e. The highest BCUT2D eigenvalue weighted by Gasteiger charge is 2.52. The standard InChI is InChI=1S/C51H36N2/c1-52-34-38-20-15-25-47-50(38)43-33-37(41-31-39(35-16-5-2-6-17-35)30-40(32-41)36-18-7-3-8-19-36)28-29-44(43)51(47)45-23-11-13-26-48(45)53(42-21-9-4-10-22-42)49-27-14-12-24-46(49)51/h2-33H,1,34H2. The summed E-state index contributed by atoms with van der Waals surface area (Å²) in [5.41, 5.74) is 19.0. The van der Waals surface area contributed by atoms with E-state index >= 15 is 0 Å². The summed E-state index contributed by atoms with van der Waals surface area (Å²) in [6.45, 7) is 4.49. The molecule has 0 radical (unpaired) electrons. The molecule has 2 heteroatoms. The van der Waals surface area contributed by atoms with Gasteiger partial charge in [0, 0.05) is 5.69 Å². The van der Waals surface area contributed by atoms with Gasteiger partial charge in [0.1, 0.15) is 0 Å². The molecule has 1 aliphatic heterocycles. The van der Waals surface area contributed by atoms with Crippen LogP contribution < -0.4 is 4.90 Å². The molecule has 0 amide bonds. The Kier molecular flexibility index (Phi) is 7.30. The Morgan fingerprint density at radius 1 is 0.415 bits per heavy atom. The average Bonchev–Trinajstić information content (AvgIpc) is 3.53. The fourth-order valence-corrected chi connectivity index (χ4v) is 8.96. The predicted molar refractivity (Wildman–Crippen MR) is 222 cm³/mol. The third-order valence-electron chi connectivity index (χ3n) is 11.1. The second-order valence-corrected chi connectivity index (χ2v) is 14.0. The van der Waals surface area contributed by atoms with E-state index in [9.17, 15) is 0 Å². The highest BCUT2D eigenvalue weighted by atomic mass is 15.2. The molecule has 0 unspecified atom stereocenters. The van der Waals surface area contributed by atoms with Gasteiger partial charge in [0.05, 0.1) is 23.3 Å². The zero-order chi connectivity index (χ0) is 35.4. The molecule has 0 saturated carbocycles. The lowest BCUT2D eigenvalue weighted by Crippen LogP contribution is -2.36. The van der Waals surface area contributed by atoms with E-state index in [1.54, 1.807) is 0 Å². The molecule has 1 spiro atoms. The van der Waals surface area contributed by atoms with Crippen LogP contribution in [0.4, 0.5) is 17.1 Å². The maximum atomic E-state index is 4.44. The van der Waals surface area contributed by atoms with E-state index in [0.29, 0.717) is 6.54 Å². The number of fused-ring (bicyclic) bond motifs is 9. The highest BCUT2D eigenvalue weighted by Crippen LogP contribution is 2.64. The molecule has 10 rings (SSSR count). The van der Waals surface area contributed by atoms with Crippen molar-refractivity contribution in [3.8, 4) is 44.5 Å². The van der Waals surface area contributed by atoms with Crippen LogP contribution in [0.25, 0.3) is 44.5 Å². The monoisotopic (exact) mass is 676 g/mol.